The first kappa shape index (κ1) is 27.9. The van der Waals surface area contributed by atoms with Crippen molar-refractivity contribution in [3.63, 3.8) is 0 Å². The van der Waals surface area contributed by atoms with Gasteiger partial charge in [-0.05, 0) is 77.9 Å². The predicted octanol–water partition coefficient (Wildman–Crippen LogP) is 11.9. The number of hydrogen-bond donors (Lipinski definition) is 0. The summed E-state index contributed by atoms with van der Waals surface area (Å²) in [6, 6.07) is 58.2. The third-order valence-electron chi connectivity index (χ3n) is 10.2. The fraction of sp³-hybridized carbons (Fsp3) is 0. The van der Waals surface area contributed by atoms with E-state index in [1.165, 1.54) is 43.7 Å². The van der Waals surface area contributed by atoms with Crippen LogP contribution in [0.15, 0.2) is 175 Å². The van der Waals surface area contributed by atoms with Gasteiger partial charge in [0.25, 0.3) is 0 Å². The Morgan fingerprint density at radius 1 is 0.431 bits per heavy atom. The Morgan fingerprint density at radius 3 is 1.98 bits per heavy atom. The molecule has 11 aromatic rings. The van der Waals surface area contributed by atoms with Gasteiger partial charge in [-0.1, -0.05) is 97.1 Å². The van der Waals surface area contributed by atoms with Gasteiger partial charge in [-0.25, -0.2) is 9.97 Å². The first-order valence-electron chi connectivity index (χ1n) is 17.2. The predicted molar refractivity (Wildman–Crippen MR) is 209 cm³/mol. The van der Waals surface area contributed by atoms with E-state index in [9.17, 15) is 0 Å². The average Bonchev–Trinajstić information content (AvgIpc) is 3.86. The largest absolute Gasteiger partial charge is 0.452 e. The molecule has 0 fully saturated rings. The van der Waals surface area contributed by atoms with Crippen molar-refractivity contribution in [2.75, 3.05) is 0 Å². The molecule has 0 aliphatic carbocycles. The van der Waals surface area contributed by atoms with Crippen LogP contribution in [0.1, 0.15) is 0 Å². The van der Waals surface area contributed by atoms with Crippen LogP contribution in [0.5, 0.6) is 0 Å². The van der Waals surface area contributed by atoms with Gasteiger partial charge >= 0.3 is 0 Å². The topological polar surface area (TPSA) is 48.8 Å². The first-order valence-corrected chi connectivity index (χ1v) is 17.2. The Balaban J connectivity index is 1.12. The molecule has 0 radical (unpaired) electrons. The van der Waals surface area contributed by atoms with Crippen LogP contribution in [-0.4, -0.2) is 19.1 Å². The normalized spacial score (nSPS) is 11.9. The molecule has 0 aliphatic rings. The molecule has 5 nitrogen and oxygen atoms in total. The minimum Gasteiger partial charge on any atom is -0.452 e. The fourth-order valence-corrected chi connectivity index (χ4v) is 8.06. The molecule has 238 valence electrons. The van der Waals surface area contributed by atoms with Crippen LogP contribution in [0.4, 0.5) is 0 Å². The quantitative estimate of drug-likeness (QED) is 0.190. The summed E-state index contributed by atoms with van der Waals surface area (Å²) in [7, 11) is 0. The minimum absolute atomic E-state index is 0.698. The summed E-state index contributed by atoms with van der Waals surface area (Å²) >= 11 is 0. The van der Waals surface area contributed by atoms with Crippen LogP contribution in [0.25, 0.3) is 99.4 Å². The van der Waals surface area contributed by atoms with Crippen molar-refractivity contribution in [1.29, 1.82) is 0 Å². The first-order chi connectivity index (χ1) is 25.3. The lowest BCUT2D eigenvalue weighted by Gasteiger charge is -2.11. The zero-order valence-electron chi connectivity index (χ0n) is 27.4. The third kappa shape index (κ3) is 4.09. The molecule has 0 spiro atoms. The Kier molecular flexibility index (Phi) is 5.89. The van der Waals surface area contributed by atoms with Gasteiger partial charge in [0.1, 0.15) is 23.1 Å². The number of nitrogens with zero attached hydrogens (tertiary/aromatic N) is 4. The summed E-state index contributed by atoms with van der Waals surface area (Å²) < 4.78 is 11.1. The Hall–Kier alpha value is -6.98. The molecule has 0 bridgehead atoms. The number of para-hydroxylation sites is 4. The van der Waals surface area contributed by atoms with Gasteiger partial charge in [-0.15, -0.1) is 0 Å². The van der Waals surface area contributed by atoms with E-state index in [4.69, 9.17) is 9.40 Å². The van der Waals surface area contributed by atoms with Crippen LogP contribution < -0.4 is 0 Å². The van der Waals surface area contributed by atoms with Crippen molar-refractivity contribution in [2.24, 2.45) is 0 Å². The summed E-state index contributed by atoms with van der Waals surface area (Å²) in [5, 5.41) is 5.91. The zero-order chi connectivity index (χ0) is 33.5. The number of benzene rings is 7. The molecule has 51 heavy (non-hydrogen) atoms. The molecule has 0 saturated carbocycles. The monoisotopic (exact) mass is 652 g/mol. The standard InChI is InChI=1S/C46H28N4O/c1-2-13-31(14-3-1)49-38-20-7-4-16-34(38)37-27-29(24-25-40(37)49)33-19-11-22-41-43(33)35-17-5-8-21-39(35)50(41)32-15-10-12-30(26-32)44-46-45(48-28-47-44)36-18-6-9-23-42(36)51-46/h1-28H. The lowest BCUT2D eigenvalue weighted by atomic mass is 9.98. The van der Waals surface area contributed by atoms with Crippen molar-refractivity contribution in [3.8, 4) is 33.8 Å². The van der Waals surface area contributed by atoms with Gasteiger partial charge in [0, 0.05) is 43.9 Å². The van der Waals surface area contributed by atoms with Crippen molar-refractivity contribution in [3.05, 3.63) is 170 Å². The molecular formula is C46H28N4O. The number of aromatic nitrogens is 4. The van der Waals surface area contributed by atoms with Crippen molar-refractivity contribution >= 4 is 65.7 Å². The number of fused-ring (bicyclic) bond motifs is 9. The molecule has 4 aromatic heterocycles. The molecule has 0 N–H and O–H groups in total. The summed E-state index contributed by atoms with van der Waals surface area (Å²) in [5.74, 6) is 0. The van der Waals surface area contributed by atoms with Gasteiger partial charge in [0.15, 0.2) is 5.58 Å². The maximum absolute atomic E-state index is 6.32. The molecule has 7 aromatic carbocycles. The number of rotatable bonds is 4. The van der Waals surface area contributed by atoms with E-state index in [0.29, 0.717) is 5.58 Å². The lowest BCUT2D eigenvalue weighted by Crippen LogP contribution is -1.95. The van der Waals surface area contributed by atoms with E-state index in [1.807, 2.05) is 24.3 Å². The Bertz CT molecular complexity index is 3150. The van der Waals surface area contributed by atoms with Gasteiger partial charge < -0.3 is 13.6 Å². The van der Waals surface area contributed by atoms with Gasteiger partial charge in [0.2, 0.25) is 0 Å². The Labute approximate surface area is 292 Å². The maximum atomic E-state index is 6.32. The summed E-state index contributed by atoms with van der Waals surface area (Å²) in [6.07, 6.45) is 1.63. The van der Waals surface area contributed by atoms with E-state index >= 15 is 0 Å². The smallest absolute Gasteiger partial charge is 0.180 e. The highest BCUT2D eigenvalue weighted by molar-refractivity contribution is 6.17. The number of hydrogen-bond acceptors (Lipinski definition) is 3. The average molecular weight is 653 g/mol. The summed E-state index contributed by atoms with van der Waals surface area (Å²) in [5.41, 5.74) is 13.4. The summed E-state index contributed by atoms with van der Waals surface area (Å²) in [4.78, 5) is 9.31. The van der Waals surface area contributed by atoms with Crippen LogP contribution in [0.3, 0.4) is 0 Å². The molecule has 0 saturated heterocycles. The van der Waals surface area contributed by atoms with E-state index in [0.717, 1.165) is 50.2 Å². The third-order valence-corrected chi connectivity index (χ3v) is 10.2. The molecule has 5 heteroatoms. The van der Waals surface area contributed by atoms with E-state index in [-0.39, 0.29) is 0 Å². The maximum Gasteiger partial charge on any atom is 0.180 e. The highest BCUT2D eigenvalue weighted by atomic mass is 16.3. The molecule has 0 atom stereocenters. The van der Waals surface area contributed by atoms with Gasteiger partial charge in [-0.3, -0.25) is 0 Å². The fourth-order valence-electron chi connectivity index (χ4n) is 8.06. The summed E-state index contributed by atoms with van der Waals surface area (Å²) in [6.45, 7) is 0. The molecule has 4 heterocycles. The highest BCUT2D eigenvalue weighted by Crippen LogP contribution is 2.42. The lowest BCUT2D eigenvalue weighted by molar-refractivity contribution is 0.667. The van der Waals surface area contributed by atoms with Crippen LogP contribution in [-0.2, 0) is 0 Å². The van der Waals surface area contributed by atoms with E-state index in [2.05, 4.69) is 154 Å². The zero-order valence-corrected chi connectivity index (χ0v) is 27.4. The second-order valence-electron chi connectivity index (χ2n) is 13.0. The second kappa shape index (κ2) is 10.8. The van der Waals surface area contributed by atoms with Crippen LogP contribution in [0.2, 0.25) is 0 Å². The van der Waals surface area contributed by atoms with Crippen LogP contribution >= 0.6 is 0 Å². The van der Waals surface area contributed by atoms with E-state index < -0.39 is 0 Å². The number of furan rings is 1. The van der Waals surface area contributed by atoms with E-state index in [1.54, 1.807) is 6.33 Å². The van der Waals surface area contributed by atoms with Gasteiger partial charge in [-0.2, -0.15) is 0 Å². The molecule has 0 amide bonds. The Morgan fingerprint density at radius 2 is 1.10 bits per heavy atom. The second-order valence-corrected chi connectivity index (χ2v) is 13.0. The molecule has 0 aliphatic heterocycles. The van der Waals surface area contributed by atoms with Gasteiger partial charge in [0.05, 0.1) is 22.1 Å². The SMILES string of the molecule is c1ccc(-n2c3ccccc3c3cc(-c4cccc5c4c4ccccc4n5-c4cccc(-c5ncnc6c5oc5ccccc56)c4)ccc32)cc1. The van der Waals surface area contributed by atoms with Crippen LogP contribution in [0, 0.1) is 0 Å². The van der Waals surface area contributed by atoms with Crippen molar-refractivity contribution < 1.29 is 4.42 Å². The van der Waals surface area contributed by atoms with Crippen molar-refractivity contribution in [2.45, 2.75) is 0 Å². The molecule has 11 rings (SSSR count). The molecule has 0 unspecified atom stereocenters. The van der Waals surface area contributed by atoms with Crippen molar-refractivity contribution in [1.82, 2.24) is 19.1 Å². The highest BCUT2D eigenvalue weighted by Gasteiger charge is 2.20. The molecular weight excluding hydrogens is 625 g/mol. The minimum atomic E-state index is 0.698.